The van der Waals surface area contributed by atoms with Crippen LogP contribution in [0.25, 0.3) is 0 Å². The van der Waals surface area contributed by atoms with Crippen LogP contribution in [0.4, 0.5) is 0 Å². The fraction of sp³-hybridized carbons (Fsp3) is 0.368. The Labute approximate surface area is 117 Å². The number of hydrogen-bond acceptors (Lipinski definition) is 0. The van der Waals surface area contributed by atoms with E-state index >= 15 is 0 Å². The normalized spacial score (nSPS) is 10.7. The van der Waals surface area contributed by atoms with Gasteiger partial charge in [-0.3, -0.25) is 0 Å². The molecule has 0 nitrogen and oxygen atoms in total. The molecule has 100 valence electrons. The second-order valence-corrected chi connectivity index (χ2v) is 5.06. The molecule has 0 bridgehead atoms. The molecule has 0 saturated carbocycles. The van der Waals surface area contributed by atoms with Gasteiger partial charge < -0.3 is 0 Å². The lowest BCUT2D eigenvalue weighted by atomic mass is 9.91. The summed E-state index contributed by atoms with van der Waals surface area (Å²) in [6.07, 6.45) is 4.45. The predicted molar refractivity (Wildman–Crippen MR) is 83.8 cm³/mol. The molecule has 0 unspecified atom stereocenters. The molecule has 0 atom stereocenters. The second-order valence-electron chi connectivity index (χ2n) is 5.06. The zero-order chi connectivity index (χ0) is 13.7. The first kappa shape index (κ1) is 13.9. The summed E-state index contributed by atoms with van der Waals surface area (Å²) < 4.78 is 0. The van der Waals surface area contributed by atoms with Gasteiger partial charge in [0, 0.05) is 0 Å². The molecule has 0 amide bonds. The van der Waals surface area contributed by atoms with Crippen LogP contribution >= 0.6 is 0 Å². The zero-order valence-electron chi connectivity index (χ0n) is 12.4. The Morgan fingerprint density at radius 3 is 1.79 bits per heavy atom. The number of hydrogen-bond donors (Lipinski definition) is 0. The molecular weight excluding hydrogens is 228 g/mol. The first-order valence-corrected chi connectivity index (χ1v) is 7.46. The smallest absolute Gasteiger partial charge is 0.00202 e. The summed E-state index contributed by atoms with van der Waals surface area (Å²) in [5.74, 6) is 0. The van der Waals surface area contributed by atoms with E-state index in [0.717, 1.165) is 25.7 Å². The molecule has 2 aromatic rings. The lowest BCUT2D eigenvalue weighted by Crippen LogP contribution is -2.01. The molecule has 2 rings (SSSR count). The molecule has 19 heavy (non-hydrogen) atoms. The first-order valence-electron chi connectivity index (χ1n) is 7.46. The van der Waals surface area contributed by atoms with Crippen molar-refractivity contribution in [3.05, 3.63) is 70.3 Å². The molecule has 0 aliphatic rings. The number of rotatable bonds is 5. The van der Waals surface area contributed by atoms with Crippen LogP contribution in [0.2, 0.25) is 0 Å². The summed E-state index contributed by atoms with van der Waals surface area (Å²) in [6, 6.07) is 15.6. The van der Waals surface area contributed by atoms with Crippen LogP contribution in [-0.2, 0) is 25.7 Å². The Kier molecular flexibility index (Phi) is 4.79. The van der Waals surface area contributed by atoms with Gasteiger partial charge >= 0.3 is 0 Å². The third-order valence-corrected chi connectivity index (χ3v) is 3.98. The van der Waals surface area contributed by atoms with Crippen LogP contribution in [0.3, 0.4) is 0 Å². The topological polar surface area (TPSA) is 0 Å². The summed E-state index contributed by atoms with van der Waals surface area (Å²) in [5.41, 5.74) is 7.52. The van der Waals surface area contributed by atoms with Gasteiger partial charge in [0.25, 0.3) is 0 Å². The fourth-order valence-corrected chi connectivity index (χ4v) is 2.92. The molecule has 0 radical (unpaired) electrons. The lowest BCUT2D eigenvalue weighted by Gasteiger charge is -2.14. The third-order valence-electron chi connectivity index (χ3n) is 3.98. The van der Waals surface area contributed by atoms with Gasteiger partial charge in [0.15, 0.2) is 0 Å². The highest BCUT2D eigenvalue weighted by Gasteiger charge is 2.08. The van der Waals surface area contributed by atoms with Crippen molar-refractivity contribution in [2.24, 2.45) is 0 Å². The van der Waals surface area contributed by atoms with E-state index in [2.05, 4.69) is 63.2 Å². The van der Waals surface area contributed by atoms with Crippen molar-refractivity contribution in [1.29, 1.82) is 0 Å². The molecule has 0 saturated heterocycles. The number of aryl methyl sites for hydroxylation is 2. The quantitative estimate of drug-likeness (QED) is 0.705. The Balaban J connectivity index is 2.38. The second kappa shape index (κ2) is 6.56. The van der Waals surface area contributed by atoms with E-state index in [9.17, 15) is 0 Å². The van der Waals surface area contributed by atoms with Gasteiger partial charge in [-0.25, -0.2) is 0 Å². The van der Waals surface area contributed by atoms with E-state index < -0.39 is 0 Å². The summed E-state index contributed by atoms with van der Waals surface area (Å²) in [4.78, 5) is 0. The third kappa shape index (κ3) is 3.07. The molecule has 0 spiro atoms. The molecule has 0 heteroatoms. The average molecular weight is 252 g/mol. The van der Waals surface area contributed by atoms with Crippen molar-refractivity contribution >= 4 is 0 Å². The van der Waals surface area contributed by atoms with Gasteiger partial charge in [-0.05, 0) is 53.5 Å². The summed E-state index contributed by atoms with van der Waals surface area (Å²) in [5, 5.41) is 0. The van der Waals surface area contributed by atoms with E-state index in [4.69, 9.17) is 0 Å². The minimum atomic E-state index is 1.07. The van der Waals surface area contributed by atoms with E-state index in [1.165, 1.54) is 22.3 Å². The monoisotopic (exact) mass is 252 g/mol. The van der Waals surface area contributed by atoms with Gasteiger partial charge in [0.1, 0.15) is 0 Å². The van der Waals surface area contributed by atoms with Crippen molar-refractivity contribution in [3.8, 4) is 0 Å². The summed E-state index contributed by atoms with van der Waals surface area (Å²) >= 11 is 0. The van der Waals surface area contributed by atoms with E-state index in [0.29, 0.717) is 0 Å². The van der Waals surface area contributed by atoms with Crippen LogP contribution in [0.1, 0.15) is 48.6 Å². The fourth-order valence-electron chi connectivity index (χ4n) is 2.92. The molecule has 0 aliphatic heterocycles. The van der Waals surface area contributed by atoms with E-state index in [-0.39, 0.29) is 0 Å². The van der Waals surface area contributed by atoms with Crippen LogP contribution in [0.5, 0.6) is 0 Å². The highest BCUT2D eigenvalue weighted by Crippen LogP contribution is 2.21. The largest absolute Gasteiger partial charge is 0.0620 e. The maximum Gasteiger partial charge on any atom is -0.00202 e. The summed E-state index contributed by atoms with van der Waals surface area (Å²) in [7, 11) is 0. The Morgan fingerprint density at radius 1 is 0.579 bits per heavy atom. The molecule has 0 aliphatic carbocycles. The van der Waals surface area contributed by atoms with Gasteiger partial charge in [-0.1, -0.05) is 63.2 Å². The number of benzene rings is 2. The Bertz CT molecular complexity index is 537. The minimum Gasteiger partial charge on any atom is -0.0620 e. The highest BCUT2D eigenvalue weighted by molar-refractivity contribution is 5.40. The Hall–Kier alpha value is -1.56. The van der Waals surface area contributed by atoms with Crippen molar-refractivity contribution in [2.75, 3.05) is 0 Å². The highest BCUT2D eigenvalue weighted by atomic mass is 14.1. The standard InChI is InChI=1S/C19H24/c1-4-15-10-7-8-11-17(15)14-18-13-9-12-16(5-2)19(18)6-3/h7-13H,4-6,14H2,1-3H3. The van der Waals surface area contributed by atoms with E-state index in [1.54, 1.807) is 5.56 Å². The van der Waals surface area contributed by atoms with Crippen molar-refractivity contribution < 1.29 is 0 Å². The van der Waals surface area contributed by atoms with E-state index in [1.807, 2.05) is 0 Å². The van der Waals surface area contributed by atoms with Crippen molar-refractivity contribution in [2.45, 2.75) is 46.5 Å². The van der Waals surface area contributed by atoms with Gasteiger partial charge in [0.05, 0.1) is 0 Å². The van der Waals surface area contributed by atoms with Gasteiger partial charge in [-0.15, -0.1) is 0 Å². The first-order chi connectivity index (χ1) is 9.30. The molecule has 0 heterocycles. The molecular formula is C19H24. The maximum absolute atomic E-state index is 2.30. The van der Waals surface area contributed by atoms with Crippen LogP contribution in [0, 0.1) is 0 Å². The van der Waals surface area contributed by atoms with Gasteiger partial charge in [-0.2, -0.15) is 0 Å². The molecule has 0 aromatic heterocycles. The minimum absolute atomic E-state index is 1.07. The predicted octanol–water partition coefficient (Wildman–Crippen LogP) is 4.96. The lowest BCUT2D eigenvalue weighted by molar-refractivity contribution is 0.981. The molecule has 2 aromatic carbocycles. The van der Waals surface area contributed by atoms with Crippen molar-refractivity contribution in [1.82, 2.24) is 0 Å². The molecule has 0 N–H and O–H groups in total. The van der Waals surface area contributed by atoms with Crippen LogP contribution in [0.15, 0.2) is 42.5 Å². The summed E-state index contributed by atoms with van der Waals surface area (Å²) in [6.45, 7) is 6.75. The van der Waals surface area contributed by atoms with Crippen molar-refractivity contribution in [3.63, 3.8) is 0 Å². The SMILES string of the molecule is CCc1ccccc1Cc1cccc(CC)c1CC. The molecule has 0 fully saturated rings. The zero-order valence-corrected chi connectivity index (χ0v) is 12.4. The van der Waals surface area contributed by atoms with Crippen LogP contribution in [-0.4, -0.2) is 0 Å². The average Bonchev–Trinajstić information content (AvgIpc) is 2.47. The maximum atomic E-state index is 2.30. The Morgan fingerprint density at radius 2 is 1.16 bits per heavy atom. The van der Waals surface area contributed by atoms with Crippen LogP contribution < -0.4 is 0 Å². The van der Waals surface area contributed by atoms with Gasteiger partial charge in [0.2, 0.25) is 0 Å².